The molecule has 22 heavy (non-hydrogen) atoms. The zero-order chi connectivity index (χ0) is 16.0. The van der Waals surface area contributed by atoms with Crippen LogP contribution in [0.2, 0.25) is 0 Å². The molecule has 0 aliphatic carbocycles. The quantitative estimate of drug-likeness (QED) is 0.851. The van der Waals surface area contributed by atoms with Crippen molar-refractivity contribution in [2.75, 3.05) is 13.9 Å². The van der Waals surface area contributed by atoms with Gasteiger partial charge < -0.3 is 14.6 Å². The fourth-order valence-corrected chi connectivity index (χ4v) is 6.05. The summed E-state index contributed by atoms with van der Waals surface area (Å²) in [6.45, 7) is 0.00540. The summed E-state index contributed by atoms with van der Waals surface area (Å²) in [7, 11) is -1.70. The number of sulfone groups is 1. The third-order valence-electron chi connectivity index (χ3n) is 4.66. The SMILES string of the molecule is COCOc1ccc(C2(O)CC3CCC(C2)S3(=O)=O)c(F)c1. The van der Waals surface area contributed by atoms with Crippen LogP contribution in [0.4, 0.5) is 4.39 Å². The van der Waals surface area contributed by atoms with Crippen LogP contribution in [0.25, 0.3) is 0 Å². The highest BCUT2D eigenvalue weighted by molar-refractivity contribution is 7.93. The Morgan fingerprint density at radius 2 is 1.95 bits per heavy atom. The van der Waals surface area contributed by atoms with Gasteiger partial charge in [0.2, 0.25) is 0 Å². The maximum Gasteiger partial charge on any atom is 0.188 e. The Hall–Kier alpha value is -1.18. The first-order chi connectivity index (χ1) is 10.4. The van der Waals surface area contributed by atoms with Gasteiger partial charge in [0.25, 0.3) is 0 Å². The van der Waals surface area contributed by atoms with Gasteiger partial charge in [-0.2, -0.15) is 0 Å². The molecule has 5 nitrogen and oxygen atoms in total. The van der Waals surface area contributed by atoms with E-state index in [0.717, 1.165) is 0 Å². The summed E-state index contributed by atoms with van der Waals surface area (Å²) in [6, 6.07) is 4.22. The highest BCUT2D eigenvalue weighted by Crippen LogP contribution is 2.48. The average Bonchev–Trinajstić information content (AvgIpc) is 2.64. The van der Waals surface area contributed by atoms with Gasteiger partial charge in [-0.25, -0.2) is 12.8 Å². The van der Waals surface area contributed by atoms with Gasteiger partial charge in [0, 0.05) is 18.7 Å². The van der Waals surface area contributed by atoms with Crippen molar-refractivity contribution < 1.29 is 27.4 Å². The van der Waals surface area contributed by atoms with E-state index in [1.54, 1.807) is 6.07 Å². The molecule has 0 saturated carbocycles. The lowest BCUT2D eigenvalue weighted by atomic mass is 9.85. The highest BCUT2D eigenvalue weighted by Gasteiger charge is 2.53. The minimum Gasteiger partial charge on any atom is -0.467 e. The molecule has 2 unspecified atom stereocenters. The Morgan fingerprint density at radius 3 is 2.50 bits per heavy atom. The molecule has 7 heteroatoms. The molecule has 2 atom stereocenters. The molecule has 0 aromatic heterocycles. The molecule has 1 aromatic carbocycles. The third kappa shape index (κ3) is 2.51. The smallest absolute Gasteiger partial charge is 0.188 e. The maximum absolute atomic E-state index is 14.3. The number of hydrogen-bond donors (Lipinski definition) is 1. The molecule has 2 bridgehead atoms. The van der Waals surface area contributed by atoms with E-state index in [1.807, 2.05) is 0 Å². The lowest BCUT2D eigenvalue weighted by Gasteiger charge is -2.36. The Balaban J connectivity index is 1.88. The summed E-state index contributed by atoms with van der Waals surface area (Å²) in [4.78, 5) is 0. The van der Waals surface area contributed by atoms with Crippen LogP contribution >= 0.6 is 0 Å². The molecule has 3 rings (SSSR count). The predicted octanol–water partition coefficient (Wildman–Crippen LogP) is 1.74. The van der Waals surface area contributed by atoms with Crippen LogP contribution in [0.15, 0.2) is 18.2 Å². The van der Waals surface area contributed by atoms with Gasteiger partial charge in [0.15, 0.2) is 16.6 Å². The minimum atomic E-state index is -3.16. The van der Waals surface area contributed by atoms with Crippen LogP contribution in [0.3, 0.4) is 0 Å². The summed E-state index contributed by atoms with van der Waals surface area (Å²) in [5.74, 6) is -0.284. The van der Waals surface area contributed by atoms with E-state index in [1.165, 1.54) is 19.2 Å². The number of halogens is 1. The first-order valence-electron chi connectivity index (χ1n) is 7.24. The second kappa shape index (κ2) is 5.47. The predicted molar refractivity (Wildman–Crippen MR) is 77.8 cm³/mol. The van der Waals surface area contributed by atoms with Crippen molar-refractivity contribution in [3.8, 4) is 5.75 Å². The van der Waals surface area contributed by atoms with Gasteiger partial charge in [-0.1, -0.05) is 0 Å². The summed E-state index contributed by atoms with van der Waals surface area (Å²) in [5, 5.41) is 9.69. The van der Waals surface area contributed by atoms with E-state index in [4.69, 9.17) is 9.47 Å². The topological polar surface area (TPSA) is 72.8 Å². The van der Waals surface area contributed by atoms with Crippen molar-refractivity contribution in [1.29, 1.82) is 0 Å². The fourth-order valence-electron chi connectivity index (χ4n) is 3.56. The number of aliphatic hydroxyl groups is 1. The van der Waals surface area contributed by atoms with Gasteiger partial charge in [-0.15, -0.1) is 0 Å². The van der Waals surface area contributed by atoms with Crippen molar-refractivity contribution in [2.24, 2.45) is 0 Å². The first-order valence-corrected chi connectivity index (χ1v) is 8.84. The summed E-state index contributed by atoms with van der Waals surface area (Å²) >= 11 is 0. The summed E-state index contributed by atoms with van der Waals surface area (Å²) in [5.41, 5.74) is -1.29. The van der Waals surface area contributed by atoms with Crippen molar-refractivity contribution in [2.45, 2.75) is 41.8 Å². The average molecular weight is 330 g/mol. The number of ether oxygens (including phenoxy) is 2. The number of hydrogen-bond acceptors (Lipinski definition) is 5. The van der Waals surface area contributed by atoms with E-state index < -0.39 is 31.8 Å². The lowest BCUT2D eigenvalue weighted by molar-refractivity contribution is 0.0136. The molecular formula is C15H19FO5S. The van der Waals surface area contributed by atoms with Crippen molar-refractivity contribution in [3.05, 3.63) is 29.6 Å². The van der Waals surface area contributed by atoms with E-state index in [-0.39, 0.29) is 25.2 Å². The van der Waals surface area contributed by atoms with Crippen molar-refractivity contribution in [1.82, 2.24) is 0 Å². The van der Waals surface area contributed by atoms with E-state index >= 15 is 0 Å². The van der Waals surface area contributed by atoms with Crippen LogP contribution in [-0.2, 0) is 20.2 Å². The third-order valence-corrected chi connectivity index (χ3v) is 7.32. The van der Waals surface area contributed by atoms with E-state index in [2.05, 4.69) is 0 Å². The molecule has 2 aliphatic heterocycles. The van der Waals surface area contributed by atoms with Crippen molar-refractivity contribution >= 4 is 9.84 Å². The highest BCUT2D eigenvalue weighted by atomic mass is 32.2. The monoisotopic (exact) mass is 330 g/mol. The second-order valence-electron chi connectivity index (χ2n) is 6.04. The zero-order valence-electron chi connectivity index (χ0n) is 12.3. The molecule has 2 saturated heterocycles. The zero-order valence-corrected chi connectivity index (χ0v) is 13.1. The lowest BCUT2D eigenvalue weighted by Crippen LogP contribution is -2.43. The Bertz CT molecular complexity index is 653. The largest absolute Gasteiger partial charge is 0.467 e. The molecule has 2 aliphatic rings. The van der Waals surface area contributed by atoms with Gasteiger partial charge in [0.1, 0.15) is 11.6 Å². The molecule has 2 heterocycles. The standard InChI is InChI=1S/C15H19FO5S/c1-20-9-21-10-2-5-13(14(16)6-10)15(17)7-11-3-4-12(8-15)22(11,18)19/h2,5-6,11-12,17H,3-4,7-9H2,1H3. The van der Waals surface area contributed by atoms with E-state index in [0.29, 0.717) is 18.6 Å². The molecule has 2 fully saturated rings. The van der Waals surface area contributed by atoms with Crippen LogP contribution in [-0.4, -0.2) is 37.9 Å². The Kier molecular flexibility index (Phi) is 3.91. The van der Waals surface area contributed by atoms with Crippen LogP contribution in [0, 0.1) is 5.82 Å². The van der Waals surface area contributed by atoms with Gasteiger partial charge in [-0.3, -0.25) is 0 Å². The maximum atomic E-state index is 14.3. The van der Waals surface area contributed by atoms with Crippen LogP contribution in [0.5, 0.6) is 5.75 Å². The molecule has 0 spiro atoms. The first kappa shape index (κ1) is 15.7. The van der Waals surface area contributed by atoms with Gasteiger partial charge >= 0.3 is 0 Å². The fraction of sp³-hybridized carbons (Fsp3) is 0.600. The Morgan fingerprint density at radius 1 is 1.32 bits per heavy atom. The molecule has 1 aromatic rings. The Labute approximate surface area is 129 Å². The summed E-state index contributed by atoms with van der Waals surface area (Å²) in [6.07, 6.45) is 1.21. The minimum absolute atomic E-state index is 0.00540. The number of methoxy groups -OCH3 is 1. The molecule has 1 N–H and O–H groups in total. The van der Waals surface area contributed by atoms with Crippen LogP contribution in [0.1, 0.15) is 31.2 Å². The second-order valence-corrected chi connectivity index (χ2v) is 8.55. The summed E-state index contributed by atoms with van der Waals surface area (Å²) < 4.78 is 48.5. The van der Waals surface area contributed by atoms with Gasteiger partial charge in [-0.05, 0) is 37.8 Å². The van der Waals surface area contributed by atoms with Gasteiger partial charge in [0.05, 0.1) is 16.1 Å². The van der Waals surface area contributed by atoms with Crippen molar-refractivity contribution in [3.63, 3.8) is 0 Å². The number of rotatable bonds is 4. The normalized spacial score (nSPS) is 32.9. The molecule has 0 amide bonds. The van der Waals surface area contributed by atoms with E-state index in [9.17, 15) is 17.9 Å². The number of fused-ring (bicyclic) bond motifs is 2. The number of benzene rings is 1. The molecular weight excluding hydrogens is 311 g/mol. The van der Waals surface area contributed by atoms with Crippen LogP contribution < -0.4 is 4.74 Å². The molecule has 122 valence electrons. The molecule has 0 radical (unpaired) electrons.